The smallest absolute Gasteiger partial charge is 0.345 e. The molecule has 1 amide bonds. The Kier molecular flexibility index (Phi) is 3.87. The Balaban J connectivity index is 2.19. The normalized spacial score (nSPS) is 9.74. The molecule has 0 saturated carbocycles. The van der Waals surface area contributed by atoms with Gasteiger partial charge in [-0.15, -0.1) is 0 Å². The number of carbonyl (C=O) groups is 2. The molecule has 1 N–H and O–H groups in total. The summed E-state index contributed by atoms with van der Waals surface area (Å²) >= 11 is 0. The number of anilines is 1. The molecule has 2 aromatic rings. The largest absolute Gasteiger partial charge is 0.421 e. The molecule has 0 fully saturated rings. The number of ether oxygens (including phenoxy) is 1. The number of nitrogens with one attached hydrogen (secondary N) is 1. The lowest BCUT2D eigenvalue weighted by molar-refractivity contribution is -0.114. The average molecular weight is 256 g/mol. The van der Waals surface area contributed by atoms with Crippen molar-refractivity contribution >= 4 is 17.6 Å². The molecule has 96 valence electrons. The monoisotopic (exact) mass is 256 g/mol. The van der Waals surface area contributed by atoms with E-state index in [1.165, 1.54) is 13.1 Å². The van der Waals surface area contributed by atoms with Gasteiger partial charge in [-0.3, -0.25) is 9.78 Å². The first-order valence-corrected chi connectivity index (χ1v) is 5.65. The Morgan fingerprint density at radius 2 is 1.95 bits per heavy atom. The quantitative estimate of drug-likeness (QED) is 0.675. The van der Waals surface area contributed by atoms with Crippen LogP contribution in [0.3, 0.4) is 0 Å². The van der Waals surface area contributed by atoms with Crippen molar-refractivity contribution in [2.45, 2.75) is 6.92 Å². The molecule has 0 saturated heterocycles. The topological polar surface area (TPSA) is 68.3 Å². The fourth-order valence-corrected chi connectivity index (χ4v) is 1.49. The number of aromatic nitrogens is 1. The van der Waals surface area contributed by atoms with Gasteiger partial charge < -0.3 is 10.1 Å². The van der Waals surface area contributed by atoms with E-state index in [4.69, 9.17) is 4.74 Å². The van der Waals surface area contributed by atoms with Crippen LogP contribution >= 0.6 is 0 Å². The molecule has 0 atom stereocenters. The van der Waals surface area contributed by atoms with E-state index < -0.39 is 5.97 Å². The summed E-state index contributed by atoms with van der Waals surface area (Å²) in [6.07, 6.45) is 2.99. The first-order chi connectivity index (χ1) is 9.16. The van der Waals surface area contributed by atoms with Crippen molar-refractivity contribution in [3.8, 4) is 5.75 Å². The van der Waals surface area contributed by atoms with Crippen LogP contribution in [0.15, 0.2) is 48.8 Å². The number of benzene rings is 1. The maximum atomic E-state index is 11.9. The molecule has 5 nitrogen and oxygen atoms in total. The van der Waals surface area contributed by atoms with Gasteiger partial charge in [0.2, 0.25) is 5.91 Å². The van der Waals surface area contributed by atoms with Gasteiger partial charge in [-0.25, -0.2) is 4.79 Å². The van der Waals surface area contributed by atoms with Gasteiger partial charge in [0.1, 0.15) is 0 Å². The Hall–Kier alpha value is -2.69. The highest BCUT2D eigenvalue weighted by Gasteiger charge is 2.11. The Morgan fingerprint density at radius 1 is 1.16 bits per heavy atom. The fourth-order valence-electron chi connectivity index (χ4n) is 1.49. The molecule has 1 aromatic heterocycles. The van der Waals surface area contributed by atoms with Crippen LogP contribution in [0.25, 0.3) is 0 Å². The van der Waals surface area contributed by atoms with Gasteiger partial charge in [-0.1, -0.05) is 12.1 Å². The van der Waals surface area contributed by atoms with Gasteiger partial charge in [0, 0.05) is 19.3 Å². The van der Waals surface area contributed by atoms with Crippen LogP contribution in [0.5, 0.6) is 5.75 Å². The molecule has 0 aliphatic heterocycles. The van der Waals surface area contributed by atoms with E-state index in [1.807, 2.05) is 0 Å². The van der Waals surface area contributed by atoms with E-state index in [0.717, 1.165) is 0 Å². The van der Waals surface area contributed by atoms with Gasteiger partial charge >= 0.3 is 5.97 Å². The summed E-state index contributed by atoms with van der Waals surface area (Å²) in [6.45, 7) is 1.39. The van der Waals surface area contributed by atoms with Crippen molar-refractivity contribution in [3.05, 3.63) is 54.4 Å². The van der Waals surface area contributed by atoms with Crippen LogP contribution in [-0.2, 0) is 4.79 Å². The predicted molar refractivity (Wildman–Crippen MR) is 69.9 cm³/mol. The van der Waals surface area contributed by atoms with E-state index >= 15 is 0 Å². The second-order valence-corrected chi connectivity index (χ2v) is 3.81. The zero-order valence-corrected chi connectivity index (χ0v) is 10.3. The fraction of sp³-hybridized carbons (Fsp3) is 0.0714. The molecule has 1 aromatic carbocycles. The minimum atomic E-state index is -0.522. The van der Waals surface area contributed by atoms with Crippen LogP contribution in [0.1, 0.15) is 17.3 Å². The third kappa shape index (κ3) is 3.38. The molecule has 0 spiro atoms. The lowest BCUT2D eigenvalue weighted by atomic mass is 10.2. The molecular formula is C14H12N2O3. The third-order valence-corrected chi connectivity index (χ3v) is 2.30. The average Bonchev–Trinajstić information content (AvgIpc) is 2.41. The van der Waals surface area contributed by atoms with Crippen molar-refractivity contribution < 1.29 is 14.3 Å². The van der Waals surface area contributed by atoms with Crippen molar-refractivity contribution in [1.29, 1.82) is 0 Å². The van der Waals surface area contributed by atoms with Gasteiger partial charge in [-0.2, -0.15) is 0 Å². The maximum Gasteiger partial charge on any atom is 0.345 e. The molecular weight excluding hydrogens is 244 g/mol. The van der Waals surface area contributed by atoms with E-state index in [1.54, 1.807) is 42.6 Å². The summed E-state index contributed by atoms with van der Waals surface area (Å²) in [7, 11) is 0. The zero-order chi connectivity index (χ0) is 13.7. The number of esters is 1. The number of hydrogen-bond donors (Lipinski definition) is 1. The number of para-hydroxylation sites is 2. The Labute approximate surface area is 110 Å². The maximum absolute atomic E-state index is 11.9. The standard InChI is InChI=1S/C14H12N2O3/c1-10(17)16-12-6-2-3-7-13(12)19-14(18)11-5-4-8-15-9-11/h2-9H,1H3,(H,16,17). The molecule has 19 heavy (non-hydrogen) atoms. The lowest BCUT2D eigenvalue weighted by Gasteiger charge is -2.09. The summed E-state index contributed by atoms with van der Waals surface area (Å²) in [5, 5.41) is 2.60. The molecule has 0 bridgehead atoms. The predicted octanol–water partition coefficient (Wildman–Crippen LogP) is 2.26. The van der Waals surface area contributed by atoms with Gasteiger partial charge in [-0.05, 0) is 24.3 Å². The summed E-state index contributed by atoms with van der Waals surface area (Å²) in [5.74, 6) is -0.456. The van der Waals surface area contributed by atoms with Crippen molar-refractivity contribution in [2.75, 3.05) is 5.32 Å². The Bertz CT molecular complexity index is 597. The van der Waals surface area contributed by atoms with Gasteiger partial charge in [0.05, 0.1) is 11.3 Å². The second-order valence-electron chi connectivity index (χ2n) is 3.81. The van der Waals surface area contributed by atoms with Crippen LogP contribution in [-0.4, -0.2) is 16.9 Å². The highest BCUT2D eigenvalue weighted by Crippen LogP contribution is 2.24. The number of rotatable bonds is 3. The highest BCUT2D eigenvalue weighted by molar-refractivity contribution is 5.94. The number of nitrogens with zero attached hydrogens (tertiary/aromatic N) is 1. The van der Waals surface area contributed by atoms with Gasteiger partial charge in [0.25, 0.3) is 0 Å². The van der Waals surface area contributed by atoms with Crippen LogP contribution in [0.4, 0.5) is 5.69 Å². The Morgan fingerprint density at radius 3 is 2.63 bits per heavy atom. The number of amides is 1. The number of carbonyl (C=O) groups excluding carboxylic acids is 2. The first-order valence-electron chi connectivity index (χ1n) is 5.65. The highest BCUT2D eigenvalue weighted by atomic mass is 16.5. The molecule has 0 aliphatic rings. The summed E-state index contributed by atoms with van der Waals surface area (Å²) in [6, 6.07) is 9.99. The summed E-state index contributed by atoms with van der Waals surface area (Å²) in [4.78, 5) is 26.8. The molecule has 5 heteroatoms. The van der Waals surface area contributed by atoms with Crippen LogP contribution in [0, 0.1) is 0 Å². The summed E-state index contributed by atoms with van der Waals surface area (Å²) < 4.78 is 5.24. The number of pyridine rings is 1. The van der Waals surface area contributed by atoms with Crippen molar-refractivity contribution in [2.24, 2.45) is 0 Å². The lowest BCUT2D eigenvalue weighted by Crippen LogP contribution is -2.12. The second kappa shape index (κ2) is 5.77. The SMILES string of the molecule is CC(=O)Nc1ccccc1OC(=O)c1cccnc1. The van der Waals surface area contributed by atoms with Crippen LogP contribution < -0.4 is 10.1 Å². The summed E-state index contributed by atoms with van der Waals surface area (Å²) in [5.41, 5.74) is 0.798. The van der Waals surface area contributed by atoms with E-state index in [-0.39, 0.29) is 5.91 Å². The zero-order valence-electron chi connectivity index (χ0n) is 10.3. The number of hydrogen-bond acceptors (Lipinski definition) is 4. The molecule has 0 radical (unpaired) electrons. The molecule has 1 heterocycles. The third-order valence-electron chi connectivity index (χ3n) is 2.30. The molecule has 0 aliphatic carbocycles. The van der Waals surface area contributed by atoms with Crippen molar-refractivity contribution in [3.63, 3.8) is 0 Å². The first kappa shape index (κ1) is 12.8. The van der Waals surface area contributed by atoms with E-state index in [9.17, 15) is 9.59 Å². The van der Waals surface area contributed by atoms with Crippen molar-refractivity contribution in [1.82, 2.24) is 4.98 Å². The minimum Gasteiger partial charge on any atom is -0.421 e. The van der Waals surface area contributed by atoms with E-state index in [2.05, 4.69) is 10.3 Å². The van der Waals surface area contributed by atoms with Gasteiger partial charge in [0.15, 0.2) is 5.75 Å². The molecule has 0 unspecified atom stereocenters. The molecule has 2 rings (SSSR count). The van der Waals surface area contributed by atoms with Crippen LogP contribution in [0.2, 0.25) is 0 Å². The minimum absolute atomic E-state index is 0.232. The van der Waals surface area contributed by atoms with E-state index in [0.29, 0.717) is 17.0 Å².